The summed E-state index contributed by atoms with van der Waals surface area (Å²) in [5, 5.41) is 0. The van der Waals surface area contributed by atoms with Crippen LogP contribution >= 0.6 is 0 Å². The second kappa shape index (κ2) is 7.78. The smallest absolute Gasteiger partial charge is 0.416 e. The Morgan fingerprint density at radius 3 is 1.81 bits per heavy atom. The normalized spacial score (nSPS) is 15.7. The standard InChI is InChI=1S/C24H20F3N3O2/c25-24(26,27)17-9-11-18(12-10-17)28-13-15-29(16-14-28)23(31)30-19-5-1-3-7-21(19)32-22-8-4-2-6-20(22)30/h1-12H,13-16H2. The average Bonchev–Trinajstić information content (AvgIpc) is 2.82. The fourth-order valence-corrected chi connectivity index (χ4v) is 4.07. The van der Waals surface area contributed by atoms with Gasteiger partial charge in [0.25, 0.3) is 0 Å². The summed E-state index contributed by atoms with van der Waals surface area (Å²) in [6.07, 6.45) is -4.35. The Balaban J connectivity index is 1.33. The van der Waals surface area contributed by atoms with Crippen LogP contribution in [0.15, 0.2) is 72.8 Å². The van der Waals surface area contributed by atoms with E-state index in [1.807, 2.05) is 53.4 Å². The fourth-order valence-electron chi connectivity index (χ4n) is 4.07. The number of alkyl halides is 3. The third kappa shape index (κ3) is 3.62. The first kappa shape index (κ1) is 20.2. The Bertz CT molecular complexity index is 1090. The number of hydrogen-bond donors (Lipinski definition) is 0. The Kier molecular flexibility index (Phi) is 4.92. The molecule has 0 radical (unpaired) electrons. The van der Waals surface area contributed by atoms with Crippen molar-refractivity contribution in [1.82, 2.24) is 4.90 Å². The molecule has 32 heavy (non-hydrogen) atoms. The molecule has 0 bridgehead atoms. The summed E-state index contributed by atoms with van der Waals surface area (Å²) < 4.78 is 44.4. The number of urea groups is 1. The lowest BCUT2D eigenvalue weighted by Crippen LogP contribution is -2.52. The molecule has 0 aliphatic carbocycles. The lowest BCUT2D eigenvalue weighted by Gasteiger charge is -2.40. The van der Waals surface area contributed by atoms with E-state index in [-0.39, 0.29) is 6.03 Å². The molecule has 0 spiro atoms. The Morgan fingerprint density at radius 1 is 0.750 bits per heavy atom. The molecule has 5 nitrogen and oxygen atoms in total. The van der Waals surface area contributed by atoms with E-state index >= 15 is 0 Å². The number of anilines is 3. The highest BCUT2D eigenvalue weighted by Crippen LogP contribution is 2.46. The maximum absolute atomic E-state index is 13.5. The van der Waals surface area contributed by atoms with Crippen molar-refractivity contribution in [2.75, 3.05) is 36.0 Å². The van der Waals surface area contributed by atoms with Crippen LogP contribution in [0.3, 0.4) is 0 Å². The highest BCUT2D eigenvalue weighted by Gasteiger charge is 2.34. The van der Waals surface area contributed by atoms with Gasteiger partial charge in [0, 0.05) is 31.9 Å². The van der Waals surface area contributed by atoms with Crippen molar-refractivity contribution < 1.29 is 22.7 Å². The molecular formula is C24H20F3N3O2. The number of amides is 2. The van der Waals surface area contributed by atoms with Gasteiger partial charge in [-0.3, -0.25) is 4.90 Å². The van der Waals surface area contributed by atoms with E-state index < -0.39 is 11.7 Å². The zero-order valence-electron chi connectivity index (χ0n) is 17.0. The van der Waals surface area contributed by atoms with E-state index in [1.54, 1.807) is 9.80 Å². The summed E-state index contributed by atoms with van der Waals surface area (Å²) in [5.74, 6) is 1.23. The van der Waals surface area contributed by atoms with Crippen LogP contribution in [-0.2, 0) is 6.18 Å². The quantitative estimate of drug-likeness (QED) is 0.474. The molecule has 5 rings (SSSR count). The van der Waals surface area contributed by atoms with E-state index in [2.05, 4.69) is 0 Å². The maximum atomic E-state index is 13.5. The molecule has 164 valence electrons. The molecule has 0 aromatic heterocycles. The second-order valence-electron chi connectivity index (χ2n) is 7.67. The largest absolute Gasteiger partial charge is 0.453 e. The van der Waals surface area contributed by atoms with Crippen LogP contribution < -0.4 is 14.5 Å². The number of piperazine rings is 1. The number of para-hydroxylation sites is 4. The fraction of sp³-hybridized carbons (Fsp3) is 0.208. The minimum absolute atomic E-state index is 0.153. The molecule has 2 heterocycles. The van der Waals surface area contributed by atoms with Gasteiger partial charge in [-0.2, -0.15) is 13.2 Å². The van der Waals surface area contributed by atoms with Crippen molar-refractivity contribution in [3.8, 4) is 11.5 Å². The van der Waals surface area contributed by atoms with Crippen molar-refractivity contribution in [3.63, 3.8) is 0 Å². The molecule has 8 heteroatoms. The molecule has 3 aromatic rings. The first-order valence-corrected chi connectivity index (χ1v) is 10.3. The van der Waals surface area contributed by atoms with E-state index in [4.69, 9.17) is 4.74 Å². The van der Waals surface area contributed by atoms with Crippen LogP contribution in [-0.4, -0.2) is 37.1 Å². The van der Waals surface area contributed by atoms with Gasteiger partial charge in [-0.15, -0.1) is 0 Å². The summed E-state index contributed by atoms with van der Waals surface area (Å²) in [6.45, 7) is 1.98. The monoisotopic (exact) mass is 439 g/mol. The Labute approximate surface area is 183 Å². The number of hydrogen-bond acceptors (Lipinski definition) is 3. The summed E-state index contributed by atoms with van der Waals surface area (Å²) in [4.78, 5) is 19.0. The molecule has 3 aromatic carbocycles. The van der Waals surface area contributed by atoms with Gasteiger partial charge in [0.2, 0.25) is 0 Å². The zero-order chi connectivity index (χ0) is 22.3. The summed E-state index contributed by atoms with van der Waals surface area (Å²) in [7, 11) is 0. The Hall–Kier alpha value is -3.68. The molecule has 1 fully saturated rings. The number of fused-ring (bicyclic) bond motifs is 2. The molecule has 0 unspecified atom stereocenters. The van der Waals surface area contributed by atoms with Crippen molar-refractivity contribution in [1.29, 1.82) is 0 Å². The number of ether oxygens (including phenoxy) is 1. The summed E-state index contributed by atoms with van der Waals surface area (Å²) >= 11 is 0. The van der Waals surface area contributed by atoms with Gasteiger partial charge in [0.15, 0.2) is 11.5 Å². The van der Waals surface area contributed by atoms with Crippen molar-refractivity contribution in [2.45, 2.75) is 6.18 Å². The molecule has 0 N–H and O–H groups in total. The van der Waals surface area contributed by atoms with Crippen LogP contribution in [0.2, 0.25) is 0 Å². The van der Waals surface area contributed by atoms with Gasteiger partial charge in [-0.05, 0) is 48.5 Å². The van der Waals surface area contributed by atoms with Gasteiger partial charge in [-0.25, -0.2) is 4.79 Å². The second-order valence-corrected chi connectivity index (χ2v) is 7.67. The van der Waals surface area contributed by atoms with Gasteiger partial charge in [0.1, 0.15) is 0 Å². The van der Waals surface area contributed by atoms with Crippen molar-refractivity contribution in [3.05, 3.63) is 78.4 Å². The van der Waals surface area contributed by atoms with Crippen LogP contribution in [0.25, 0.3) is 0 Å². The SMILES string of the molecule is O=C(N1CCN(c2ccc(C(F)(F)F)cc2)CC1)N1c2ccccc2Oc2ccccc21. The van der Waals surface area contributed by atoms with Crippen LogP contribution in [0, 0.1) is 0 Å². The number of benzene rings is 3. The Morgan fingerprint density at radius 2 is 1.28 bits per heavy atom. The van der Waals surface area contributed by atoms with Gasteiger partial charge >= 0.3 is 12.2 Å². The lowest BCUT2D eigenvalue weighted by molar-refractivity contribution is -0.137. The van der Waals surface area contributed by atoms with Crippen molar-refractivity contribution >= 4 is 23.1 Å². The lowest BCUT2D eigenvalue weighted by atomic mass is 10.1. The molecule has 2 amide bonds. The van der Waals surface area contributed by atoms with Gasteiger partial charge in [-0.1, -0.05) is 24.3 Å². The third-order valence-corrected chi connectivity index (χ3v) is 5.73. The van der Waals surface area contributed by atoms with E-state index in [0.29, 0.717) is 54.7 Å². The van der Waals surface area contributed by atoms with Gasteiger partial charge < -0.3 is 14.5 Å². The minimum atomic E-state index is -4.35. The predicted octanol–water partition coefficient (Wildman–Crippen LogP) is 5.89. The van der Waals surface area contributed by atoms with E-state index in [9.17, 15) is 18.0 Å². The zero-order valence-corrected chi connectivity index (χ0v) is 17.0. The molecule has 1 saturated heterocycles. The predicted molar refractivity (Wildman–Crippen MR) is 116 cm³/mol. The molecule has 0 saturated carbocycles. The van der Waals surface area contributed by atoms with Crippen LogP contribution in [0.4, 0.5) is 35.0 Å². The van der Waals surface area contributed by atoms with Crippen LogP contribution in [0.5, 0.6) is 11.5 Å². The summed E-state index contributed by atoms with van der Waals surface area (Å²) in [6, 6.07) is 19.8. The van der Waals surface area contributed by atoms with E-state index in [1.165, 1.54) is 12.1 Å². The number of rotatable bonds is 1. The highest BCUT2D eigenvalue weighted by atomic mass is 19.4. The molecule has 2 aliphatic rings. The van der Waals surface area contributed by atoms with E-state index in [0.717, 1.165) is 12.1 Å². The third-order valence-electron chi connectivity index (χ3n) is 5.73. The number of carbonyl (C=O) groups is 1. The van der Waals surface area contributed by atoms with Gasteiger partial charge in [0.05, 0.1) is 16.9 Å². The summed E-state index contributed by atoms with van der Waals surface area (Å²) in [5.41, 5.74) is 1.41. The number of nitrogens with zero attached hydrogens (tertiary/aromatic N) is 3. The first-order valence-electron chi connectivity index (χ1n) is 10.3. The first-order chi connectivity index (χ1) is 15.4. The molecular weight excluding hydrogens is 419 g/mol. The molecule has 0 atom stereocenters. The highest BCUT2D eigenvalue weighted by molar-refractivity contribution is 6.03. The van der Waals surface area contributed by atoms with Crippen LogP contribution in [0.1, 0.15) is 5.56 Å². The topological polar surface area (TPSA) is 36.0 Å². The number of halogens is 3. The van der Waals surface area contributed by atoms with Crippen molar-refractivity contribution in [2.24, 2.45) is 0 Å². The molecule has 2 aliphatic heterocycles. The maximum Gasteiger partial charge on any atom is 0.416 e. The number of carbonyl (C=O) groups excluding carboxylic acids is 1. The average molecular weight is 439 g/mol. The minimum Gasteiger partial charge on any atom is -0.453 e.